The molecule has 25 heavy (non-hydrogen) atoms. The van der Waals surface area contributed by atoms with Gasteiger partial charge in [0.25, 0.3) is 0 Å². The number of benzene rings is 1. The highest BCUT2D eigenvalue weighted by molar-refractivity contribution is 5.75. The van der Waals surface area contributed by atoms with E-state index >= 15 is 0 Å². The van der Waals surface area contributed by atoms with Crippen LogP contribution in [0.25, 0.3) is 0 Å². The number of likely N-dealkylation sites (tertiary alicyclic amines) is 1. The number of amides is 2. The van der Waals surface area contributed by atoms with Gasteiger partial charge in [-0.25, -0.2) is 4.79 Å². The van der Waals surface area contributed by atoms with Crippen molar-refractivity contribution in [3.63, 3.8) is 0 Å². The maximum atomic E-state index is 12.3. The summed E-state index contributed by atoms with van der Waals surface area (Å²) in [4.78, 5) is 14.1. The van der Waals surface area contributed by atoms with E-state index in [9.17, 15) is 4.79 Å². The molecular formula is C18H26N2O5. The van der Waals surface area contributed by atoms with E-state index in [1.807, 2.05) is 32.0 Å². The number of hydrogen-bond donors (Lipinski definition) is 1. The van der Waals surface area contributed by atoms with Gasteiger partial charge in [-0.15, -0.1) is 0 Å². The summed E-state index contributed by atoms with van der Waals surface area (Å²) in [6.07, 6.45) is 0. The Kier molecular flexibility index (Phi) is 4.79. The predicted octanol–water partition coefficient (Wildman–Crippen LogP) is 2.00. The second-order valence-electron chi connectivity index (χ2n) is 7.18. The van der Waals surface area contributed by atoms with Gasteiger partial charge in [-0.3, -0.25) is 0 Å². The molecule has 1 N–H and O–H groups in total. The van der Waals surface area contributed by atoms with Crippen LogP contribution in [0.2, 0.25) is 0 Å². The molecule has 7 heteroatoms. The van der Waals surface area contributed by atoms with Crippen LogP contribution in [-0.2, 0) is 16.0 Å². The zero-order valence-corrected chi connectivity index (χ0v) is 15.3. The van der Waals surface area contributed by atoms with Crippen molar-refractivity contribution in [1.29, 1.82) is 0 Å². The van der Waals surface area contributed by atoms with Crippen LogP contribution in [0.1, 0.15) is 19.4 Å². The summed E-state index contributed by atoms with van der Waals surface area (Å²) < 4.78 is 21.9. The Balaban J connectivity index is 1.48. The molecule has 1 aromatic rings. The topological polar surface area (TPSA) is 69.3 Å². The fraction of sp³-hybridized carbons (Fsp3) is 0.611. The van der Waals surface area contributed by atoms with E-state index < -0.39 is 5.79 Å². The lowest BCUT2D eigenvalue weighted by Gasteiger charge is -2.53. The van der Waals surface area contributed by atoms with Gasteiger partial charge in [-0.1, -0.05) is 6.07 Å². The summed E-state index contributed by atoms with van der Waals surface area (Å²) in [5.74, 6) is 0.792. The normalized spacial score (nSPS) is 20.7. The summed E-state index contributed by atoms with van der Waals surface area (Å²) >= 11 is 0. The highest BCUT2D eigenvalue weighted by atomic mass is 16.7. The van der Waals surface area contributed by atoms with Gasteiger partial charge in [-0.2, -0.15) is 0 Å². The third kappa shape index (κ3) is 3.82. The van der Waals surface area contributed by atoms with Crippen LogP contribution in [0.15, 0.2) is 18.2 Å². The minimum absolute atomic E-state index is 0.0593. The van der Waals surface area contributed by atoms with Crippen LogP contribution in [0.5, 0.6) is 11.5 Å². The summed E-state index contributed by atoms with van der Waals surface area (Å²) in [5, 5.41) is 2.94. The maximum absolute atomic E-state index is 12.3. The summed E-state index contributed by atoms with van der Waals surface area (Å²) in [7, 11) is 3.19. The Morgan fingerprint density at radius 1 is 1.16 bits per heavy atom. The van der Waals surface area contributed by atoms with E-state index in [0.717, 1.165) is 5.56 Å². The smallest absolute Gasteiger partial charge is 0.317 e. The molecule has 2 heterocycles. The lowest BCUT2D eigenvalue weighted by atomic mass is 9.81. The van der Waals surface area contributed by atoms with Crippen molar-refractivity contribution < 1.29 is 23.7 Å². The Morgan fingerprint density at radius 3 is 2.40 bits per heavy atom. The van der Waals surface area contributed by atoms with Gasteiger partial charge in [0.15, 0.2) is 17.3 Å². The average Bonchev–Trinajstić information content (AvgIpc) is 2.57. The van der Waals surface area contributed by atoms with E-state index in [1.54, 1.807) is 19.1 Å². The lowest BCUT2D eigenvalue weighted by Crippen LogP contribution is -2.67. The molecule has 2 aliphatic rings. The predicted molar refractivity (Wildman–Crippen MR) is 91.8 cm³/mol. The van der Waals surface area contributed by atoms with Gasteiger partial charge >= 0.3 is 6.03 Å². The van der Waals surface area contributed by atoms with Crippen molar-refractivity contribution in [1.82, 2.24) is 10.2 Å². The first-order chi connectivity index (χ1) is 11.9. The molecule has 0 aliphatic carbocycles. The molecule has 2 amide bonds. The molecule has 0 aromatic heterocycles. The summed E-state index contributed by atoms with van der Waals surface area (Å²) in [6, 6.07) is 5.52. The van der Waals surface area contributed by atoms with Gasteiger partial charge < -0.3 is 29.2 Å². The largest absolute Gasteiger partial charge is 0.493 e. The first-order valence-corrected chi connectivity index (χ1v) is 8.38. The van der Waals surface area contributed by atoms with Crippen LogP contribution >= 0.6 is 0 Å². The standard InChI is InChI=1S/C18H26N2O5/c1-17(2)24-11-18(12-25-17)9-20(10-18)16(21)19-8-13-5-6-14(22-3)15(7-13)23-4/h5-7H,8-12H2,1-4H3,(H,19,21). The molecule has 0 saturated carbocycles. The zero-order valence-electron chi connectivity index (χ0n) is 15.3. The molecule has 1 aromatic carbocycles. The van der Waals surface area contributed by atoms with Crippen molar-refractivity contribution in [2.45, 2.75) is 26.2 Å². The molecule has 2 saturated heterocycles. The fourth-order valence-corrected chi connectivity index (χ4v) is 3.11. The Hall–Kier alpha value is -1.99. The molecule has 0 radical (unpaired) electrons. The van der Waals surface area contributed by atoms with Gasteiger partial charge in [0, 0.05) is 19.6 Å². The zero-order chi connectivity index (χ0) is 18.1. The van der Waals surface area contributed by atoms with Crippen LogP contribution < -0.4 is 14.8 Å². The number of ether oxygens (including phenoxy) is 4. The Bertz CT molecular complexity index is 628. The molecule has 0 bridgehead atoms. The van der Waals surface area contributed by atoms with E-state index in [2.05, 4.69) is 5.32 Å². The second kappa shape index (κ2) is 6.72. The van der Waals surface area contributed by atoms with Gasteiger partial charge in [-0.05, 0) is 31.5 Å². The number of carbonyl (C=O) groups is 1. The first kappa shape index (κ1) is 17.8. The fourth-order valence-electron chi connectivity index (χ4n) is 3.11. The third-order valence-corrected chi connectivity index (χ3v) is 4.68. The van der Waals surface area contributed by atoms with Crippen molar-refractivity contribution >= 4 is 6.03 Å². The van der Waals surface area contributed by atoms with Crippen molar-refractivity contribution in [2.75, 3.05) is 40.5 Å². The third-order valence-electron chi connectivity index (χ3n) is 4.68. The van der Waals surface area contributed by atoms with Crippen LogP contribution in [0.4, 0.5) is 4.79 Å². The van der Waals surface area contributed by atoms with Gasteiger partial charge in [0.2, 0.25) is 0 Å². The highest BCUT2D eigenvalue weighted by Gasteiger charge is 2.50. The lowest BCUT2D eigenvalue weighted by molar-refractivity contribution is -0.301. The molecule has 138 valence electrons. The van der Waals surface area contributed by atoms with E-state index in [1.165, 1.54) is 0 Å². The second-order valence-corrected chi connectivity index (χ2v) is 7.18. The first-order valence-electron chi connectivity index (χ1n) is 8.38. The minimum atomic E-state index is -0.526. The summed E-state index contributed by atoms with van der Waals surface area (Å²) in [6.45, 7) is 6.81. The molecule has 2 fully saturated rings. The van der Waals surface area contributed by atoms with Crippen molar-refractivity contribution in [3.05, 3.63) is 23.8 Å². The Labute approximate surface area is 148 Å². The van der Waals surface area contributed by atoms with Crippen molar-refractivity contribution in [3.8, 4) is 11.5 Å². The quantitative estimate of drug-likeness (QED) is 0.899. The van der Waals surface area contributed by atoms with E-state index in [-0.39, 0.29) is 11.4 Å². The number of nitrogens with one attached hydrogen (secondary N) is 1. The molecule has 1 spiro atoms. The molecule has 0 unspecified atom stereocenters. The number of methoxy groups -OCH3 is 2. The van der Waals surface area contributed by atoms with Crippen LogP contribution in [-0.4, -0.2) is 57.2 Å². The average molecular weight is 350 g/mol. The van der Waals surface area contributed by atoms with E-state index in [0.29, 0.717) is 44.3 Å². The molecule has 2 aliphatic heterocycles. The highest BCUT2D eigenvalue weighted by Crippen LogP contribution is 2.37. The SMILES string of the molecule is COc1ccc(CNC(=O)N2CC3(COC(C)(C)OC3)C2)cc1OC. The molecule has 3 rings (SSSR count). The number of rotatable bonds is 4. The summed E-state index contributed by atoms with van der Waals surface area (Å²) in [5.41, 5.74) is 0.892. The molecule has 7 nitrogen and oxygen atoms in total. The molecular weight excluding hydrogens is 324 g/mol. The maximum Gasteiger partial charge on any atom is 0.317 e. The van der Waals surface area contributed by atoms with Gasteiger partial charge in [0.05, 0.1) is 32.8 Å². The monoisotopic (exact) mass is 350 g/mol. The number of nitrogens with zero attached hydrogens (tertiary/aromatic N) is 1. The van der Waals surface area contributed by atoms with Crippen LogP contribution in [0, 0.1) is 5.41 Å². The number of urea groups is 1. The minimum Gasteiger partial charge on any atom is -0.493 e. The number of hydrogen-bond acceptors (Lipinski definition) is 5. The van der Waals surface area contributed by atoms with Crippen molar-refractivity contribution in [2.24, 2.45) is 5.41 Å². The Morgan fingerprint density at radius 2 is 1.80 bits per heavy atom. The molecule has 0 atom stereocenters. The van der Waals surface area contributed by atoms with E-state index in [4.69, 9.17) is 18.9 Å². The number of carbonyl (C=O) groups excluding carboxylic acids is 1. The van der Waals surface area contributed by atoms with Crippen LogP contribution in [0.3, 0.4) is 0 Å². The van der Waals surface area contributed by atoms with Gasteiger partial charge in [0.1, 0.15) is 0 Å².